The van der Waals surface area contributed by atoms with Crippen LogP contribution in [0.1, 0.15) is 5.76 Å². The molecule has 0 spiro atoms. The number of carbonyl (C=O) groups excluding carboxylic acids is 2. The fraction of sp³-hybridized carbons (Fsp3) is 0.0417. The number of ether oxygens (including phenoxy) is 1. The van der Waals surface area contributed by atoms with Crippen molar-refractivity contribution in [2.24, 2.45) is 0 Å². The molecule has 2 N–H and O–H groups in total. The molecule has 0 saturated heterocycles. The summed E-state index contributed by atoms with van der Waals surface area (Å²) in [5.41, 5.74) is 1.81. The minimum absolute atomic E-state index is 0.265. The van der Waals surface area contributed by atoms with E-state index < -0.39 is 11.9 Å². The maximum absolute atomic E-state index is 12.6. The minimum atomic E-state index is -0.759. The zero-order chi connectivity index (χ0) is 23.4. The smallest absolute Gasteiger partial charge is 0.338 e. The summed E-state index contributed by atoms with van der Waals surface area (Å²) < 4.78 is 11.2. The van der Waals surface area contributed by atoms with Gasteiger partial charge in [-0.1, -0.05) is 31.0 Å². The molecule has 166 valence electrons. The van der Waals surface area contributed by atoms with Crippen LogP contribution in [0, 0.1) is 0 Å². The number of hydrogen-bond donors (Lipinski definition) is 3. The number of furan rings is 1. The number of urea groups is 1. The topological polar surface area (TPSA) is 105 Å². The number of fused-ring (bicyclic) bond motifs is 1. The van der Waals surface area contributed by atoms with E-state index in [0.717, 1.165) is 10.9 Å². The zero-order valence-corrected chi connectivity index (χ0v) is 18.3. The van der Waals surface area contributed by atoms with Crippen molar-refractivity contribution in [1.82, 2.24) is 9.29 Å². The summed E-state index contributed by atoms with van der Waals surface area (Å²) in [5.74, 6) is 0.191. The van der Waals surface area contributed by atoms with Crippen molar-refractivity contribution in [2.75, 3.05) is 12.4 Å². The monoisotopic (exact) mass is 461 g/mol. The first-order valence-corrected chi connectivity index (χ1v) is 10.2. The Balaban J connectivity index is 1.54. The molecular weight excluding hydrogens is 442 g/mol. The summed E-state index contributed by atoms with van der Waals surface area (Å²) in [6, 6.07) is 16.7. The number of hydrogen-bond acceptors (Lipinski definition) is 6. The van der Waals surface area contributed by atoms with Crippen molar-refractivity contribution in [3.05, 3.63) is 89.1 Å². The fourth-order valence-electron chi connectivity index (χ4n) is 3.23. The maximum Gasteiger partial charge on any atom is 0.338 e. The number of imide groups is 1. The van der Waals surface area contributed by atoms with Crippen LogP contribution in [-0.4, -0.2) is 28.3 Å². The lowest BCUT2D eigenvalue weighted by Gasteiger charge is -2.15. The SMILES string of the molecule is COc1cc(NC(=O)N(S)C(=O)/C=C/c2ccco2)ccc1-c1cc2ccccc2[nH]c1=O. The average molecular weight is 461 g/mol. The van der Waals surface area contributed by atoms with E-state index in [4.69, 9.17) is 9.15 Å². The van der Waals surface area contributed by atoms with Crippen LogP contribution in [0.2, 0.25) is 0 Å². The molecule has 0 unspecified atom stereocenters. The number of H-pyrrole nitrogens is 1. The largest absolute Gasteiger partial charge is 0.496 e. The number of thiol groups is 1. The normalized spacial score (nSPS) is 11.0. The molecule has 3 amide bonds. The van der Waals surface area contributed by atoms with E-state index in [-0.39, 0.29) is 5.56 Å². The van der Waals surface area contributed by atoms with Crippen LogP contribution in [0.3, 0.4) is 0 Å². The Labute approximate surface area is 194 Å². The van der Waals surface area contributed by atoms with Gasteiger partial charge in [0.1, 0.15) is 11.5 Å². The van der Waals surface area contributed by atoms with E-state index in [0.29, 0.717) is 32.6 Å². The number of amides is 3. The number of aromatic nitrogens is 1. The summed E-state index contributed by atoms with van der Waals surface area (Å²) in [6.45, 7) is 0. The number of anilines is 1. The van der Waals surface area contributed by atoms with Gasteiger partial charge in [-0.25, -0.2) is 9.10 Å². The number of aromatic amines is 1. The van der Waals surface area contributed by atoms with Crippen molar-refractivity contribution in [3.8, 4) is 16.9 Å². The van der Waals surface area contributed by atoms with E-state index in [1.165, 1.54) is 25.5 Å². The second-order valence-electron chi connectivity index (χ2n) is 6.94. The van der Waals surface area contributed by atoms with Crippen LogP contribution < -0.4 is 15.6 Å². The first-order chi connectivity index (χ1) is 16.0. The fourth-order valence-corrected chi connectivity index (χ4v) is 3.34. The number of methoxy groups -OCH3 is 1. The van der Waals surface area contributed by atoms with Gasteiger partial charge >= 0.3 is 6.03 Å². The molecule has 33 heavy (non-hydrogen) atoms. The van der Waals surface area contributed by atoms with Gasteiger partial charge in [0.25, 0.3) is 11.5 Å². The third kappa shape index (κ3) is 4.83. The molecule has 0 saturated carbocycles. The summed E-state index contributed by atoms with van der Waals surface area (Å²) >= 11 is 3.97. The predicted molar refractivity (Wildman–Crippen MR) is 129 cm³/mol. The quantitative estimate of drug-likeness (QED) is 0.295. The van der Waals surface area contributed by atoms with Crippen LogP contribution in [0.25, 0.3) is 28.1 Å². The second kappa shape index (κ2) is 9.49. The lowest BCUT2D eigenvalue weighted by Crippen LogP contribution is -2.31. The number of pyridine rings is 1. The molecular formula is C24H19N3O5S. The average Bonchev–Trinajstić information content (AvgIpc) is 3.35. The number of para-hydroxylation sites is 1. The Hall–Kier alpha value is -4.24. The molecule has 4 rings (SSSR count). The lowest BCUT2D eigenvalue weighted by molar-refractivity contribution is -0.119. The van der Waals surface area contributed by atoms with Crippen molar-refractivity contribution in [1.29, 1.82) is 0 Å². The summed E-state index contributed by atoms with van der Waals surface area (Å²) in [4.78, 5) is 40.1. The number of rotatable bonds is 5. The molecule has 9 heteroatoms. The van der Waals surface area contributed by atoms with E-state index in [2.05, 4.69) is 23.1 Å². The summed E-state index contributed by atoms with van der Waals surface area (Å²) in [7, 11) is 1.47. The molecule has 2 heterocycles. The molecule has 8 nitrogen and oxygen atoms in total. The van der Waals surface area contributed by atoms with E-state index in [1.807, 2.05) is 24.3 Å². The molecule has 4 aromatic rings. The van der Waals surface area contributed by atoms with Crippen LogP contribution in [0.15, 0.2) is 82.2 Å². The van der Waals surface area contributed by atoms with E-state index >= 15 is 0 Å². The van der Waals surface area contributed by atoms with Gasteiger partial charge in [-0.3, -0.25) is 9.59 Å². The molecule has 2 aromatic heterocycles. The van der Waals surface area contributed by atoms with Gasteiger partial charge in [-0.2, -0.15) is 0 Å². The Morgan fingerprint density at radius 3 is 2.67 bits per heavy atom. The van der Waals surface area contributed by atoms with Gasteiger partial charge in [0, 0.05) is 28.9 Å². The number of benzene rings is 2. The lowest BCUT2D eigenvalue weighted by atomic mass is 10.0. The Morgan fingerprint density at radius 2 is 1.91 bits per heavy atom. The third-order valence-corrected chi connectivity index (χ3v) is 5.21. The first-order valence-electron chi connectivity index (χ1n) is 9.82. The van der Waals surface area contributed by atoms with Crippen LogP contribution in [0.5, 0.6) is 5.75 Å². The molecule has 0 bridgehead atoms. The molecule has 0 atom stereocenters. The first kappa shape index (κ1) is 22.0. The standard InChI is InChI=1S/C24H19N3O5S/c1-31-21-14-16(25-24(30)27(33)22(28)11-9-17-6-4-12-32-17)8-10-18(21)19-13-15-5-2-3-7-20(15)26-23(19)29/h2-14,33H,1H3,(H,25,30)(H,26,29)/b11-9+. The Morgan fingerprint density at radius 1 is 1.09 bits per heavy atom. The van der Waals surface area contributed by atoms with Gasteiger partial charge in [-0.15, -0.1) is 0 Å². The Kier molecular flexibility index (Phi) is 6.32. The zero-order valence-electron chi connectivity index (χ0n) is 17.4. The van der Waals surface area contributed by atoms with Gasteiger partial charge in [0.05, 0.1) is 18.9 Å². The van der Waals surface area contributed by atoms with Gasteiger partial charge in [-0.05, 0) is 47.9 Å². The molecule has 0 radical (unpaired) electrons. The van der Waals surface area contributed by atoms with Gasteiger partial charge in [0.15, 0.2) is 0 Å². The summed E-state index contributed by atoms with van der Waals surface area (Å²) in [5, 5.41) is 3.45. The molecule has 2 aromatic carbocycles. The maximum atomic E-state index is 12.6. The van der Waals surface area contributed by atoms with Crippen molar-refractivity contribution >= 4 is 47.4 Å². The number of nitrogens with one attached hydrogen (secondary N) is 2. The van der Waals surface area contributed by atoms with Crippen molar-refractivity contribution < 1.29 is 18.7 Å². The molecule has 0 fully saturated rings. The molecule has 0 aliphatic rings. The highest BCUT2D eigenvalue weighted by Crippen LogP contribution is 2.32. The van der Waals surface area contributed by atoms with Gasteiger partial charge < -0.3 is 19.5 Å². The molecule has 0 aliphatic heterocycles. The Bertz CT molecular complexity index is 1410. The minimum Gasteiger partial charge on any atom is -0.496 e. The van der Waals surface area contributed by atoms with Crippen LogP contribution in [-0.2, 0) is 4.79 Å². The van der Waals surface area contributed by atoms with E-state index in [9.17, 15) is 14.4 Å². The highest BCUT2D eigenvalue weighted by molar-refractivity contribution is 7.79. The second-order valence-corrected chi connectivity index (χ2v) is 7.34. The van der Waals surface area contributed by atoms with Crippen molar-refractivity contribution in [3.63, 3.8) is 0 Å². The van der Waals surface area contributed by atoms with Crippen molar-refractivity contribution in [2.45, 2.75) is 0 Å². The van der Waals surface area contributed by atoms with Crippen LogP contribution in [0.4, 0.5) is 10.5 Å². The highest BCUT2D eigenvalue weighted by Gasteiger charge is 2.18. The predicted octanol–water partition coefficient (Wildman–Crippen LogP) is 4.72. The van der Waals surface area contributed by atoms with Gasteiger partial charge in [0.2, 0.25) is 0 Å². The number of nitrogens with zero attached hydrogens (tertiary/aromatic N) is 1. The molecule has 0 aliphatic carbocycles. The number of carbonyl (C=O) groups is 2. The van der Waals surface area contributed by atoms with Crippen LogP contribution >= 0.6 is 12.8 Å². The summed E-state index contributed by atoms with van der Waals surface area (Å²) in [6.07, 6.45) is 4.07. The third-order valence-electron chi connectivity index (χ3n) is 4.83. The van der Waals surface area contributed by atoms with E-state index in [1.54, 1.807) is 36.4 Å². The highest BCUT2D eigenvalue weighted by atomic mass is 32.1.